The van der Waals surface area contributed by atoms with Crippen LogP contribution in [-0.2, 0) is 12.0 Å². The molecule has 0 N–H and O–H groups in total. The molecule has 2 heterocycles. The monoisotopic (exact) mass is 283 g/mol. The topological polar surface area (TPSA) is 30.7 Å². The van der Waals surface area contributed by atoms with E-state index in [2.05, 4.69) is 55.4 Å². The lowest BCUT2D eigenvalue weighted by Gasteiger charge is -2.25. The van der Waals surface area contributed by atoms with Crippen LogP contribution in [0.3, 0.4) is 0 Å². The van der Waals surface area contributed by atoms with Crippen LogP contribution in [-0.4, -0.2) is 14.8 Å². The number of aromatic nitrogens is 3. The number of rotatable bonds is 4. The highest BCUT2D eigenvalue weighted by Gasteiger charge is 2.26. The Labute approximate surface area is 117 Å². The normalized spacial score (nSPS) is 12.3. The van der Waals surface area contributed by atoms with Gasteiger partial charge in [-0.15, -0.1) is 21.5 Å². The van der Waals surface area contributed by atoms with E-state index in [0.717, 1.165) is 12.4 Å². The number of nitrogens with zero attached hydrogens (tertiary/aromatic N) is 3. The van der Waals surface area contributed by atoms with Gasteiger partial charge < -0.3 is 4.57 Å². The first-order valence-corrected chi connectivity index (χ1v) is 7.30. The first-order chi connectivity index (χ1) is 8.42. The second kappa shape index (κ2) is 5.02. The molecule has 0 saturated carbocycles. The maximum Gasteiger partial charge on any atom is 0.225 e. The lowest BCUT2D eigenvalue weighted by atomic mass is 9.91. The molecule has 0 spiro atoms. The van der Waals surface area contributed by atoms with E-state index < -0.39 is 0 Å². The zero-order valence-electron chi connectivity index (χ0n) is 11.1. The molecular weight excluding hydrogens is 266 g/mol. The summed E-state index contributed by atoms with van der Waals surface area (Å²) in [5, 5.41) is 10.7. The van der Waals surface area contributed by atoms with E-state index >= 15 is 0 Å². The first kappa shape index (κ1) is 13.6. The van der Waals surface area contributed by atoms with Gasteiger partial charge in [0.25, 0.3) is 0 Å². The van der Waals surface area contributed by atoms with Gasteiger partial charge in [-0.1, -0.05) is 33.8 Å². The van der Waals surface area contributed by atoms with Crippen LogP contribution in [0.25, 0.3) is 0 Å². The van der Waals surface area contributed by atoms with Crippen molar-refractivity contribution in [2.75, 3.05) is 0 Å². The molecule has 2 rings (SSSR count). The molecule has 0 fully saturated rings. The van der Waals surface area contributed by atoms with Crippen LogP contribution in [0, 0.1) is 0 Å². The van der Waals surface area contributed by atoms with E-state index in [9.17, 15) is 0 Å². The van der Waals surface area contributed by atoms with Gasteiger partial charge >= 0.3 is 0 Å². The predicted molar refractivity (Wildman–Crippen MR) is 76.5 cm³/mol. The number of hydrogen-bond acceptors (Lipinski definition) is 3. The third-order valence-corrected chi connectivity index (χ3v) is 4.51. The molecule has 0 aliphatic carbocycles. The van der Waals surface area contributed by atoms with Crippen LogP contribution in [0.1, 0.15) is 44.3 Å². The van der Waals surface area contributed by atoms with Crippen molar-refractivity contribution in [3.63, 3.8) is 0 Å². The van der Waals surface area contributed by atoms with Crippen molar-refractivity contribution in [1.82, 2.24) is 14.8 Å². The first-order valence-electron chi connectivity index (χ1n) is 6.04. The molecule has 0 atom stereocenters. The summed E-state index contributed by atoms with van der Waals surface area (Å²) in [5.41, 5.74) is 0.0316. The third-order valence-electron chi connectivity index (χ3n) is 2.99. The average molecular weight is 284 g/mol. The van der Waals surface area contributed by atoms with Crippen molar-refractivity contribution in [3.8, 4) is 0 Å². The van der Waals surface area contributed by atoms with Gasteiger partial charge in [0.1, 0.15) is 5.82 Å². The van der Waals surface area contributed by atoms with Gasteiger partial charge in [0.2, 0.25) is 5.28 Å². The maximum absolute atomic E-state index is 6.15. The van der Waals surface area contributed by atoms with Crippen LogP contribution < -0.4 is 0 Å². The molecule has 0 aliphatic heterocycles. The zero-order valence-corrected chi connectivity index (χ0v) is 12.7. The highest BCUT2D eigenvalue weighted by atomic mass is 35.5. The minimum atomic E-state index is 0.0316. The molecule has 0 unspecified atom stereocenters. The summed E-state index contributed by atoms with van der Waals surface area (Å²) in [6.45, 7) is 9.45. The fourth-order valence-electron chi connectivity index (χ4n) is 2.01. The summed E-state index contributed by atoms with van der Waals surface area (Å²) in [7, 11) is 0. The Hall–Kier alpha value is -0.870. The summed E-state index contributed by atoms with van der Waals surface area (Å²) < 4.78 is 2.02. The van der Waals surface area contributed by atoms with Gasteiger partial charge in [-0.3, -0.25) is 0 Å². The Morgan fingerprint density at radius 1 is 1.39 bits per heavy atom. The van der Waals surface area contributed by atoms with Crippen LogP contribution in [0.5, 0.6) is 0 Å². The molecule has 3 nitrogen and oxygen atoms in total. The Bertz CT molecular complexity index is 514. The summed E-state index contributed by atoms with van der Waals surface area (Å²) in [6, 6.07) is 4.25. The van der Waals surface area contributed by atoms with Crippen LogP contribution in [0.4, 0.5) is 0 Å². The number of hydrogen-bond donors (Lipinski definition) is 0. The molecule has 0 saturated heterocycles. The van der Waals surface area contributed by atoms with Gasteiger partial charge in [-0.05, 0) is 23.0 Å². The quantitative estimate of drug-likeness (QED) is 0.846. The van der Waals surface area contributed by atoms with E-state index in [-0.39, 0.29) is 5.41 Å². The van der Waals surface area contributed by atoms with Gasteiger partial charge in [0, 0.05) is 22.8 Å². The fraction of sp³-hybridized carbons (Fsp3) is 0.538. The molecule has 98 valence electrons. The number of halogens is 1. The third kappa shape index (κ3) is 2.59. The predicted octanol–water partition coefficient (Wildman–Crippen LogP) is 4.09. The molecule has 0 amide bonds. The largest absolute Gasteiger partial charge is 0.301 e. The lowest BCUT2D eigenvalue weighted by Crippen LogP contribution is -2.25. The van der Waals surface area contributed by atoms with Crippen LogP contribution >= 0.6 is 22.9 Å². The van der Waals surface area contributed by atoms with Crippen molar-refractivity contribution in [2.45, 2.75) is 45.6 Å². The van der Waals surface area contributed by atoms with E-state index in [1.54, 1.807) is 11.3 Å². The Balaban J connectivity index is 2.32. The number of thiophene rings is 1. The van der Waals surface area contributed by atoms with Crippen molar-refractivity contribution in [1.29, 1.82) is 0 Å². The van der Waals surface area contributed by atoms with Crippen molar-refractivity contribution in [3.05, 3.63) is 33.5 Å². The lowest BCUT2D eigenvalue weighted by molar-refractivity contribution is 0.428. The molecule has 5 heteroatoms. The minimum absolute atomic E-state index is 0.0316. The van der Waals surface area contributed by atoms with E-state index in [1.165, 1.54) is 4.88 Å². The molecule has 2 aromatic rings. The average Bonchev–Trinajstić information content (AvgIpc) is 2.89. The molecule has 18 heavy (non-hydrogen) atoms. The van der Waals surface area contributed by atoms with E-state index in [1.807, 2.05) is 4.57 Å². The maximum atomic E-state index is 6.15. The Morgan fingerprint density at radius 3 is 2.67 bits per heavy atom. The standard InChI is InChI=1S/C13H18ClN3S/c1-9(2)11-15-16-12(14)17(11)8-13(3,4)10-6-5-7-18-10/h5-7,9H,8H2,1-4H3. The SMILES string of the molecule is CC(C)c1nnc(Cl)n1CC(C)(C)c1cccs1. The Morgan fingerprint density at radius 2 is 2.11 bits per heavy atom. The highest BCUT2D eigenvalue weighted by Crippen LogP contribution is 2.31. The van der Waals surface area contributed by atoms with Crippen molar-refractivity contribution < 1.29 is 0 Å². The van der Waals surface area contributed by atoms with Crippen LogP contribution in [0.15, 0.2) is 17.5 Å². The molecule has 0 bridgehead atoms. The molecule has 0 radical (unpaired) electrons. The second-order valence-corrected chi connectivity index (χ2v) is 6.72. The summed E-state index contributed by atoms with van der Waals surface area (Å²) in [5.74, 6) is 1.27. The minimum Gasteiger partial charge on any atom is -0.301 e. The molecule has 2 aromatic heterocycles. The second-order valence-electron chi connectivity index (χ2n) is 5.43. The van der Waals surface area contributed by atoms with Gasteiger partial charge in [0.05, 0.1) is 0 Å². The summed E-state index contributed by atoms with van der Waals surface area (Å²) >= 11 is 7.92. The molecule has 0 aromatic carbocycles. The van der Waals surface area contributed by atoms with Gasteiger partial charge in [-0.25, -0.2) is 0 Å². The summed E-state index contributed by atoms with van der Waals surface area (Å²) in [6.07, 6.45) is 0. The smallest absolute Gasteiger partial charge is 0.225 e. The van der Waals surface area contributed by atoms with Crippen LogP contribution in [0.2, 0.25) is 5.28 Å². The highest BCUT2D eigenvalue weighted by molar-refractivity contribution is 7.10. The molecular formula is C13H18ClN3S. The van der Waals surface area contributed by atoms with Gasteiger partial charge in [0.15, 0.2) is 0 Å². The Kier molecular flexibility index (Phi) is 3.78. The fourth-order valence-corrected chi connectivity index (χ4v) is 3.03. The van der Waals surface area contributed by atoms with E-state index in [4.69, 9.17) is 11.6 Å². The molecule has 0 aliphatic rings. The van der Waals surface area contributed by atoms with Crippen molar-refractivity contribution in [2.24, 2.45) is 0 Å². The zero-order chi connectivity index (χ0) is 13.3. The van der Waals surface area contributed by atoms with Gasteiger partial charge in [-0.2, -0.15) is 0 Å². The van der Waals surface area contributed by atoms with Crippen molar-refractivity contribution >= 4 is 22.9 Å². The van der Waals surface area contributed by atoms with E-state index in [0.29, 0.717) is 11.2 Å². The summed E-state index contributed by atoms with van der Waals surface area (Å²) in [4.78, 5) is 1.35.